The van der Waals surface area contributed by atoms with E-state index in [9.17, 15) is 5.11 Å². The minimum Gasteiger partial charge on any atom is -0.384 e. The number of pyridine rings is 1. The second-order valence-corrected chi connectivity index (χ2v) is 7.83. The Hall–Kier alpha value is -1.41. The molecule has 1 heterocycles. The topological polar surface area (TPSA) is 33.1 Å². The van der Waals surface area contributed by atoms with E-state index in [4.69, 9.17) is 0 Å². The zero-order valence-corrected chi connectivity index (χ0v) is 13.1. The SMILES string of the molecule is CC12CCC(C1)C(C)(C)C2(O)c1cccc2cnccc12. The first kappa shape index (κ1) is 13.3. The van der Waals surface area contributed by atoms with Crippen molar-refractivity contribution in [3.8, 4) is 0 Å². The van der Waals surface area contributed by atoms with Crippen LogP contribution in [0.5, 0.6) is 0 Å². The molecule has 1 aromatic carbocycles. The van der Waals surface area contributed by atoms with Crippen molar-refractivity contribution >= 4 is 10.8 Å². The van der Waals surface area contributed by atoms with Crippen molar-refractivity contribution in [3.63, 3.8) is 0 Å². The molecule has 3 unspecified atom stereocenters. The summed E-state index contributed by atoms with van der Waals surface area (Å²) in [6.07, 6.45) is 7.23. The van der Waals surface area contributed by atoms with Gasteiger partial charge < -0.3 is 5.11 Å². The number of hydrogen-bond donors (Lipinski definition) is 1. The summed E-state index contributed by atoms with van der Waals surface area (Å²) in [5, 5.41) is 14.2. The highest BCUT2D eigenvalue weighted by Gasteiger charge is 2.69. The van der Waals surface area contributed by atoms with Crippen molar-refractivity contribution in [2.24, 2.45) is 16.7 Å². The largest absolute Gasteiger partial charge is 0.384 e. The Morgan fingerprint density at radius 1 is 1.19 bits per heavy atom. The van der Waals surface area contributed by atoms with E-state index in [-0.39, 0.29) is 10.8 Å². The van der Waals surface area contributed by atoms with Gasteiger partial charge >= 0.3 is 0 Å². The minimum absolute atomic E-state index is 0.0152. The quantitative estimate of drug-likeness (QED) is 0.847. The van der Waals surface area contributed by atoms with Gasteiger partial charge in [-0.1, -0.05) is 39.0 Å². The fraction of sp³-hybridized carbons (Fsp3) is 0.526. The summed E-state index contributed by atoms with van der Waals surface area (Å²) in [7, 11) is 0. The summed E-state index contributed by atoms with van der Waals surface area (Å²) < 4.78 is 0. The van der Waals surface area contributed by atoms with Crippen molar-refractivity contribution in [1.29, 1.82) is 0 Å². The van der Waals surface area contributed by atoms with Crippen molar-refractivity contribution in [2.75, 3.05) is 0 Å². The van der Waals surface area contributed by atoms with E-state index in [2.05, 4.69) is 44.0 Å². The van der Waals surface area contributed by atoms with Gasteiger partial charge in [0.25, 0.3) is 0 Å². The van der Waals surface area contributed by atoms with Gasteiger partial charge in [-0.2, -0.15) is 0 Å². The molecular weight excluding hydrogens is 258 g/mol. The molecule has 2 aromatic rings. The smallest absolute Gasteiger partial charge is 0.101 e. The minimum atomic E-state index is -0.760. The van der Waals surface area contributed by atoms with E-state index in [1.807, 2.05) is 18.5 Å². The number of aromatic nitrogens is 1. The predicted molar refractivity (Wildman–Crippen MR) is 84.9 cm³/mol. The second kappa shape index (κ2) is 3.86. The van der Waals surface area contributed by atoms with E-state index >= 15 is 0 Å². The van der Waals surface area contributed by atoms with Gasteiger partial charge in [0.05, 0.1) is 0 Å². The van der Waals surface area contributed by atoms with Crippen molar-refractivity contribution in [2.45, 2.75) is 45.6 Å². The van der Waals surface area contributed by atoms with Gasteiger partial charge in [0.1, 0.15) is 5.60 Å². The van der Waals surface area contributed by atoms with Crippen LogP contribution < -0.4 is 0 Å². The van der Waals surface area contributed by atoms with E-state index in [0.717, 1.165) is 29.2 Å². The summed E-state index contributed by atoms with van der Waals surface area (Å²) >= 11 is 0. The molecule has 2 nitrogen and oxygen atoms in total. The molecule has 21 heavy (non-hydrogen) atoms. The van der Waals surface area contributed by atoms with Gasteiger partial charge in [-0.3, -0.25) is 4.98 Å². The standard InChI is InChI=1S/C19H23NO/c1-17(2)14-7-9-18(3,11-14)19(17,21)16-6-4-5-13-12-20-10-8-15(13)16/h4-6,8,10,12,14,21H,7,9,11H2,1-3H3. The molecule has 0 aliphatic heterocycles. The highest BCUT2D eigenvalue weighted by Crippen LogP contribution is 2.72. The molecule has 1 N–H and O–H groups in total. The van der Waals surface area contributed by atoms with Crippen molar-refractivity contribution in [3.05, 3.63) is 42.2 Å². The van der Waals surface area contributed by atoms with Crippen LogP contribution in [0.15, 0.2) is 36.7 Å². The van der Waals surface area contributed by atoms with Crippen LogP contribution >= 0.6 is 0 Å². The van der Waals surface area contributed by atoms with E-state index < -0.39 is 5.60 Å². The van der Waals surface area contributed by atoms with Crippen molar-refractivity contribution < 1.29 is 5.11 Å². The van der Waals surface area contributed by atoms with Crippen LogP contribution in [0.3, 0.4) is 0 Å². The van der Waals surface area contributed by atoms with Crippen LogP contribution in [0.4, 0.5) is 0 Å². The van der Waals surface area contributed by atoms with Gasteiger partial charge in [0.15, 0.2) is 0 Å². The molecule has 3 atom stereocenters. The summed E-state index contributed by atoms with van der Waals surface area (Å²) in [6.45, 7) is 6.78. The molecular formula is C19H23NO. The molecule has 0 amide bonds. The Morgan fingerprint density at radius 2 is 2.00 bits per heavy atom. The number of fused-ring (bicyclic) bond motifs is 3. The Kier molecular flexibility index (Phi) is 2.44. The molecule has 0 saturated heterocycles. The lowest BCUT2D eigenvalue weighted by atomic mass is 9.57. The van der Waals surface area contributed by atoms with Gasteiger partial charge in [-0.05, 0) is 42.2 Å². The summed E-state index contributed by atoms with van der Waals surface area (Å²) in [6, 6.07) is 8.31. The molecule has 1 aromatic heterocycles. The highest BCUT2D eigenvalue weighted by molar-refractivity contribution is 5.86. The third-order valence-electron chi connectivity index (χ3n) is 6.64. The Morgan fingerprint density at radius 3 is 2.71 bits per heavy atom. The fourth-order valence-electron chi connectivity index (χ4n) is 5.37. The van der Waals surface area contributed by atoms with Gasteiger partial charge in [0.2, 0.25) is 0 Å². The van der Waals surface area contributed by atoms with Gasteiger partial charge in [0, 0.05) is 28.6 Å². The third kappa shape index (κ3) is 1.39. The lowest BCUT2D eigenvalue weighted by Crippen LogP contribution is -2.51. The second-order valence-electron chi connectivity index (χ2n) is 7.83. The lowest BCUT2D eigenvalue weighted by Gasteiger charge is -2.51. The van der Waals surface area contributed by atoms with E-state index in [0.29, 0.717) is 5.92 Å². The normalized spacial score (nSPS) is 37.2. The summed E-state index contributed by atoms with van der Waals surface area (Å²) in [5.74, 6) is 0.615. The Bertz CT molecular complexity index is 710. The molecule has 2 saturated carbocycles. The van der Waals surface area contributed by atoms with Gasteiger partial charge in [-0.25, -0.2) is 0 Å². The van der Waals surface area contributed by atoms with E-state index in [1.54, 1.807) is 0 Å². The molecule has 110 valence electrons. The Labute approximate surface area is 126 Å². The third-order valence-corrected chi connectivity index (χ3v) is 6.64. The van der Waals surface area contributed by atoms with E-state index in [1.165, 1.54) is 6.42 Å². The van der Waals surface area contributed by atoms with Gasteiger partial charge in [-0.15, -0.1) is 0 Å². The average Bonchev–Trinajstić information content (AvgIpc) is 2.95. The summed E-state index contributed by atoms with van der Waals surface area (Å²) in [5.41, 5.74) is 0.233. The number of hydrogen-bond acceptors (Lipinski definition) is 2. The maximum Gasteiger partial charge on any atom is 0.101 e. The highest BCUT2D eigenvalue weighted by atomic mass is 16.3. The van der Waals surface area contributed by atoms with Crippen molar-refractivity contribution in [1.82, 2.24) is 4.98 Å². The first-order valence-corrected chi connectivity index (χ1v) is 7.96. The predicted octanol–water partition coefficient (Wildman–Crippen LogP) is 4.27. The van der Waals surface area contributed by atoms with Crippen LogP contribution in [0.1, 0.15) is 45.6 Å². The number of benzene rings is 1. The zero-order valence-electron chi connectivity index (χ0n) is 13.1. The maximum absolute atomic E-state index is 11.9. The van der Waals surface area contributed by atoms with Crippen LogP contribution in [0.2, 0.25) is 0 Å². The molecule has 4 rings (SSSR count). The zero-order chi connectivity index (χ0) is 14.9. The molecule has 0 radical (unpaired) electrons. The monoisotopic (exact) mass is 281 g/mol. The average molecular weight is 281 g/mol. The summed E-state index contributed by atoms with van der Waals surface area (Å²) in [4.78, 5) is 4.22. The number of rotatable bonds is 1. The molecule has 2 aliphatic carbocycles. The number of nitrogens with zero attached hydrogens (tertiary/aromatic N) is 1. The molecule has 2 fully saturated rings. The molecule has 2 aliphatic rings. The molecule has 2 bridgehead atoms. The van der Waals surface area contributed by atoms with Crippen LogP contribution in [0, 0.1) is 16.7 Å². The molecule has 0 spiro atoms. The first-order chi connectivity index (χ1) is 9.90. The van der Waals surface area contributed by atoms with Crippen LogP contribution in [0.25, 0.3) is 10.8 Å². The van der Waals surface area contributed by atoms with Crippen LogP contribution in [-0.4, -0.2) is 10.1 Å². The molecule has 2 heteroatoms. The first-order valence-electron chi connectivity index (χ1n) is 7.96. The fourth-order valence-corrected chi connectivity index (χ4v) is 5.37. The Balaban J connectivity index is 2.03. The maximum atomic E-state index is 11.9. The number of aliphatic hydroxyl groups is 1. The lowest BCUT2D eigenvalue weighted by molar-refractivity contribution is -0.149. The van der Waals surface area contributed by atoms with Crippen LogP contribution in [-0.2, 0) is 5.60 Å².